The fourth-order valence-electron chi connectivity index (χ4n) is 5.81. The van der Waals surface area contributed by atoms with Gasteiger partial charge in [-0.2, -0.15) is 0 Å². The molecule has 0 saturated heterocycles. The van der Waals surface area contributed by atoms with Crippen LogP contribution in [0, 0.1) is 23.7 Å². The molecular formula is C24H38F2O2Si. The van der Waals surface area contributed by atoms with E-state index in [9.17, 15) is 8.78 Å². The van der Waals surface area contributed by atoms with Gasteiger partial charge in [-0.3, -0.25) is 0 Å². The van der Waals surface area contributed by atoms with Crippen LogP contribution in [-0.2, 0) is 0 Å². The molecule has 0 heterocycles. The van der Waals surface area contributed by atoms with Crippen LogP contribution in [-0.4, -0.2) is 23.2 Å². The Morgan fingerprint density at radius 3 is 2.07 bits per heavy atom. The molecule has 3 rings (SSSR count). The zero-order chi connectivity index (χ0) is 20.5. The Balaban J connectivity index is 1.45. The Kier molecular flexibility index (Phi) is 9.28. The molecule has 2 saturated carbocycles. The van der Waals surface area contributed by atoms with Crippen LogP contribution in [0.5, 0.6) is 11.5 Å². The van der Waals surface area contributed by atoms with Gasteiger partial charge < -0.3 is 9.47 Å². The molecular weight excluding hydrogens is 386 g/mol. The van der Waals surface area contributed by atoms with E-state index in [4.69, 9.17) is 9.47 Å². The van der Waals surface area contributed by atoms with Gasteiger partial charge in [-0.15, -0.1) is 0 Å². The van der Waals surface area contributed by atoms with Crippen LogP contribution in [0.1, 0.15) is 71.1 Å². The van der Waals surface area contributed by atoms with Crippen molar-refractivity contribution in [2.24, 2.45) is 23.7 Å². The van der Waals surface area contributed by atoms with Crippen LogP contribution in [0.4, 0.5) is 8.78 Å². The average Bonchev–Trinajstić information content (AvgIpc) is 2.75. The maximum absolute atomic E-state index is 12.8. The van der Waals surface area contributed by atoms with Gasteiger partial charge in [0.05, 0.1) is 9.52 Å². The summed E-state index contributed by atoms with van der Waals surface area (Å²) in [6.07, 6.45) is 14.1. The van der Waals surface area contributed by atoms with Gasteiger partial charge in [-0.1, -0.05) is 63.6 Å². The van der Waals surface area contributed by atoms with Crippen molar-refractivity contribution in [1.29, 1.82) is 0 Å². The molecule has 0 radical (unpaired) electrons. The van der Waals surface area contributed by atoms with Crippen LogP contribution < -0.4 is 14.7 Å². The van der Waals surface area contributed by atoms with Crippen molar-refractivity contribution in [2.45, 2.75) is 77.2 Å². The molecule has 0 bridgehead atoms. The number of alkyl halides is 2. The van der Waals surface area contributed by atoms with E-state index in [-0.39, 0.29) is 0 Å². The van der Waals surface area contributed by atoms with Gasteiger partial charge in [0, 0.05) is 0 Å². The molecule has 1 aromatic rings. The lowest BCUT2D eigenvalue weighted by Gasteiger charge is -2.38. The smallest absolute Gasteiger partial charge is 0.228 e. The molecule has 0 amide bonds. The van der Waals surface area contributed by atoms with Crippen molar-refractivity contribution < 1.29 is 18.3 Å². The minimum atomic E-state index is -0.919. The standard InChI is InChI=1S/C24H38F2O2Si/c1-2-4-18-7-11-20(12-8-18)21-13-9-19(10-14-21)15-29-23-6-3-5-22(27-16-25)24(23)28-17-26/h3,5-6,18-21H,2,4,7-17,29H2,1H3/t18-,19?,20-,21?. The van der Waals surface area contributed by atoms with E-state index < -0.39 is 23.2 Å². The highest BCUT2D eigenvalue weighted by Gasteiger charge is 2.30. The number of ether oxygens (including phenoxy) is 2. The molecule has 0 aromatic heterocycles. The second-order valence-corrected chi connectivity index (χ2v) is 11.0. The third kappa shape index (κ3) is 6.44. The monoisotopic (exact) mass is 424 g/mol. The molecule has 0 unspecified atom stereocenters. The molecule has 0 spiro atoms. The summed E-state index contributed by atoms with van der Waals surface area (Å²) in [4.78, 5) is 0. The fraction of sp³-hybridized carbons (Fsp3) is 0.750. The van der Waals surface area contributed by atoms with Gasteiger partial charge in [0.1, 0.15) is 0 Å². The Hall–Kier alpha value is -1.10. The van der Waals surface area contributed by atoms with Crippen molar-refractivity contribution in [1.82, 2.24) is 0 Å². The van der Waals surface area contributed by atoms with E-state index in [1.165, 1.54) is 70.3 Å². The van der Waals surface area contributed by atoms with Crippen LogP contribution in [0.15, 0.2) is 18.2 Å². The van der Waals surface area contributed by atoms with Gasteiger partial charge in [0.25, 0.3) is 0 Å². The van der Waals surface area contributed by atoms with Gasteiger partial charge in [0.15, 0.2) is 11.5 Å². The van der Waals surface area contributed by atoms with Gasteiger partial charge in [-0.05, 0) is 60.6 Å². The molecule has 2 aliphatic rings. The molecule has 29 heavy (non-hydrogen) atoms. The van der Waals surface area contributed by atoms with Crippen LogP contribution in [0.2, 0.25) is 6.04 Å². The van der Waals surface area contributed by atoms with Gasteiger partial charge in [0.2, 0.25) is 13.7 Å². The lowest BCUT2D eigenvalue weighted by molar-refractivity contribution is 0.147. The number of hydrogen-bond donors (Lipinski definition) is 0. The Morgan fingerprint density at radius 1 is 0.862 bits per heavy atom. The van der Waals surface area contributed by atoms with E-state index in [1.807, 2.05) is 12.1 Å². The van der Waals surface area contributed by atoms with Gasteiger partial charge in [-0.25, -0.2) is 8.78 Å². The fourth-order valence-corrected chi connectivity index (χ4v) is 7.92. The van der Waals surface area contributed by atoms with Crippen molar-refractivity contribution in [2.75, 3.05) is 13.7 Å². The van der Waals surface area contributed by atoms with Crippen LogP contribution >= 0.6 is 0 Å². The molecule has 0 atom stereocenters. The Morgan fingerprint density at radius 2 is 1.48 bits per heavy atom. The van der Waals surface area contributed by atoms with E-state index >= 15 is 0 Å². The Labute approximate surface area is 177 Å². The second-order valence-electron chi connectivity index (χ2n) is 9.14. The summed E-state index contributed by atoms with van der Waals surface area (Å²) in [6.45, 7) is 0.491. The summed E-state index contributed by atoms with van der Waals surface area (Å²) >= 11 is 0. The van der Waals surface area contributed by atoms with E-state index in [2.05, 4.69) is 6.92 Å². The third-order valence-corrected chi connectivity index (χ3v) is 9.64. The number of hydrogen-bond acceptors (Lipinski definition) is 2. The minimum absolute atomic E-state index is 0.331. The quantitative estimate of drug-likeness (QED) is 0.434. The summed E-state index contributed by atoms with van der Waals surface area (Å²) < 4.78 is 35.6. The maximum Gasteiger partial charge on any atom is 0.228 e. The summed E-state index contributed by atoms with van der Waals surface area (Å²) in [5.74, 6) is 4.46. The first kappa shape index (κ1) is 22.6. The van der Waals surface area contributed by atoms with E-state index in [0.29, 0.717) is 11.5 Å². The SMILES string of the molecule is CCC[C@H]1CC[C@H](C2CCC(C[SiH2]c3cccc(OCF)c3OCF)CC2)CC1. The number of para-hydroxylation sites is 1. The average molecular weight is 425 g/mol. The van der Waals surface area contributed by atoms with Crippen molar-refractivity contribution in [3.05, 3.63) is 18.2 Å². The molecule has 5 heteroatoms. The number of halogens is 2. The van der Waals surface area contributed by atoms with E-state index in [0.717, 1.165) is 28.9 Å². The Bertz CT molecular complexity index is 597. The topological polar surface area (TPSA) is 18.5 Å². The normalized spacial score (nSPS) is 28.0. The molecule has 164 valence electrons. The first-order valence-corrected chi connectivity index (χ1v) is 13.4. The number of rotatable bonds is 10. The summed E-state index contributed by atoms with van der Waals surface area (Å²) in [5.41, 5.74) is 0. The highest BCUT2D eigenvalue weighted by atomic mass is 28.2. The molecule has 2 aliphatic carbocycles. The van der Waals surface area contributed by atoms with E-state index in [1.54, 1.807) is 6.07 Å². The lowest BCUT2D eigenvalue weighted by Crippen LogP contribution is -2.27. The first-order valence-electron chi connectivity index (χ1n) is 11.7. The first-order chi connectivity index (χ1) is 14.2. The summed E-state index contributed by atoms with van der Waals surface area (Å²) in [7, 11) is -0.591. The molecule has 0 N–H and O–H groups in total. The van der Waals surface area contributed by atoms with Crippen molar-refractivity contribution in [3.8, 4) is 11.5 Å². The predicted octanol–water partition coefficient (Wildman–Crippen LogP) is 5.92. The maximum atomic E-state index is 12.8. The number of benzene rings is 1. The highest BCUT2D eigenvalue weighted by Crippen LogP contribution is 2.42. The zero-order valence-electron chi connectivity index (χ0n) is 18.0. The van der Waals surface area contributed by atoms with Crippen molar-refractivity contribution in [3.63, 3.8) is 0 Å². The zero-order valence-corrected chi connectivity index (χ0v) is 19.4. The van der Waals surface area contributed by atoms with Crippen LogP contribution in [0.3, 0.4) is 0 Å². The minimum Gasteiger partial charge on any atom is -0.459 e. The van der Waals surface area contributed by atoms with Crippen molar-refractivity contribution >= 4 is 14.7 Å². The molecule has 1 aromatic carbocycles. The summed E-state index contributed by atoms with van der Waals surface area (Å²) in [6, 6.07) is 6.74. The molecule has 2 nitrogen and oxygen atoms in total. The largest absolute Gasteiger partial charge is 0.459 e. The third-order valence-electron chi connectivity index (χ3n) is 7.44. The predicted molar refractivity (Wildman–Crippen MR) is 118 cm³/mol. The van der Waals surface area contributed by atoms with Crippen LogP contribution in [0.25, 0.3) is 0 Å². The summed E-state index contributed by atoms with van der Waals surface area (Å²) in [5, 5.41) is 1.06. The molecule has 0 aliphatic heterocycles. The highest BCUT2D eigenvalue weighted by molar-refractivity contribution is 6.54. The van der Waals surface area contributed by atoms with Gasteiger partial charge >= 0.3 is 0 Å². The molecule has 2 fully saturated rings. The lowest BCUT2D eigenvalue weighted by atomic mass is 9.69. The second kappa shape index (κ2) is 11.9.